The van der Waals surface area contributed by atoms with E-state index in [0.29, 0.717) is 17.8 Å². The SMILES string of the molecule is O=C1CC([C@]2(Cc3ccccc3)C(=O)Nc3ccccc32)C(=O)N1c1ccccc1. The molecule has 2 aliphatic rings. The van der Waals surface area contributed by atoms with E-state index in [1.165, 1.54) is 4.90 Å². The van der Waals surface area contributed by atoms with Gasteiger partial charge in [-0.25, -0.2) is 0 Å². The Kier molecular flexibility index (Phi) is 4.24. The minimum absolute atomic E-state index is 0.00230. The number of carbonyl (C=O) groups excluding carboxylic acids is 3. The summed E-state index contributed by atoms with van der Waals surface area (Å²) in [7, 11) is 0. The van der Waals surface area contributed by atoms with E-state index in [0.717, 1.165) is 11.1 Å². The van der Waals surface area contributed by atoms with Crippen LogP contribution in [-0.2, 0) is 26.2 Å². The van der Waals surface area contributed by atoms with Gasteiger partial charge in [0.15, 0.2) is 0 Å². The van der Waals surface area contributed by atoms with Gasteiger partial charge in [-0.05, 0) is 35.7 Å². The first-order chi connectivity index (χ1) is 14.6. The zero-order valence-electron chi connectivity index (χ0n) is 16.2. The molecule has 5 rings (SSSR count). The summed E-state index contributed by atoms with van der Waals surface area (Å²) in [5.74, 6) is -1.60. The number of hydrogen-bond acceptors (Lipinski definition) is 3. The second kappa shape index (κ2) is 6.95. The van der Waals surface area contributed by atoms with Crippen LogP contribution in [0.3, 0.4) is 0 Å². The summed E-state index contributed by atoms with van der Waals surface area (Å²) in [6.07, 6.45) is 0.352. The first-order valence-corrected chi connectivity index (χ1v) is 9.98. The number of carbonyl (C=O) groups is 3. The highest BCUT2D eigenvalue weighted by molar-refractivity contribution is 6.24. The first-order valence-electron chi connectivity index (χ1n) is 9.98. The number of hydrogen-bond donors (Lipinski definition) is 1. The molecule has 1 unspecified atom stereocenters. The molecule has 0 radical (unpaired) electrons. The Morgan fingerprint density at radius 1 is 0.833 bits per heavy atom. The topological polar surface area (TPSA) is 66.5 Å². The minimum atomic E-state index is -1.13. The molecule has 0 saturated carbocycles. The maximum atomic E-state index is 13.6. The summed E-state index contributed by atoms with van der Waals surface area (Å²) in [5, 5.41) is 2.95. The molecule has 0 aromatic heterocycles. The summed E-state index contributed by atoms with van der Waals surface area (Å²) in [5.41, 5.74) is 1.84. The Bertz CT molecular complexity index is 1140. The van der Waals surface area contributed by atoms with E-state index >= 15 is 0 Å². The molecule has 3 aromatic carbocycles. The van der Waals surface area contributed by atoms with Gasteiger partial charge in [0, 0.05) is 12.1 Å². The van der Waals surface area contributed by atoms with Crippen molar-refractivity contribution in [1.29, 1.82) is 0 Å². The predicted octanol–water partition coefficient (Wildman–Crippen LogP) is 3.70. The number of benzene rings is 3. The predicted molar refractivity (Wildman–Crippen MR) is 114 cm³/mol. The van der Waals surface area contributed by atoms with E-state index in [1.54, 1.807) is 24.3 Å². The van der Waals surface area contributed by atoms with Crippen molar-refractivity contribution in [3.05, 3.63) is 96.1 Å². The van der Waals surface area contributed by atoms with Gasteiger partial charge in [-0.1, -0.05) is 66.7 Å². The van der Waals surface area contributed by atoms with Gasteiger partial charge in [0.05, 0.1) is 17.0 Å². The standard InChI is InChI=1S/C25H20N2O3/c28-22-15-20(23(29)27(22)18-11-5-2-6-12-18)25(16-17-9-3-1-4-10-17)19-13-7-8-14-21(19)26-24(25)30/h1-14,20H,15-16H2,(H,26,30)/t20?,25-/m1/s1. The van der Waals surface area contributed by atoms with Crippen LogP contribution in [0.25, 0.3) is 0 Å². The molecule has 2 aliphatic heterocycles. The van der Waals surface area contributed by atoms with Gasteiger partial charge >= 0.3 is 0 Å². The second-order valence-electron chi connectivity index (χ2n) is 7.79. The van der Waals surface area contributed by atoms with Crippen molar-refractivity contribution in [2.45, 2.75) is 18.3 Å². The van der Waals surface area contributed by atoms with Crippen LogP contribution < -0.4 is 10.2 Å². The molecule has 1 saturated heterocycles. The number of rotatable bonds is 4. The van der Waals surface area contributed by atoms with E-state index in [-0.39, 0.29) is 24.1 Å². The third-order valence-electron chi connectivity index (χ3n) is 6.14. The van der Waals surface area contributed by atoms with Crippen molar-refractivity contribution < 1.29 is 14.4 Å². The third-order valence-corrected chi connectivity index (χ3v) is 6.14. The Hall–Kier alpha value is -3.73. The van der Waals surface area contributed by atoms with Crippen LogP contribution in [0.2, 0.25) is 0 Å². The number of fused-ring (bicyclic) bond motifs is 1. The zero-order chi connectivity index (χ0) is 20.7. The maximum Gasteiger partial charge on any atom is 0.238 e. The van der Waals surface area contributed by atoms with E-state index in [2.05, 4.69) is 5.32 Å². The van der Waals surface area contributed by atoms with Crippen LogP contribution >= 0.6 is 0 Å². The monoisotopic (exact) mass is 396 g/mol. The van der Waals surface area contributed by atoms with Crippen LogP contribution in [0.5, 0.6) is 0 Å². The molecule has 0 bridgehead atoms. The molecule has 30 heavy (non-hydrogen) atoms. The van der Waals surface area contributed by atoms with Gasteiger partial charge in [0.1, 0.15) is 0 Å². The summed E-state index contributed by atoms with van der Waals surface area (Å²) >= 11 is 0. The summed E-state index contributed by atoms with van der Waals surface area (Å²) in [6.45, 7) is 0. The molecule has 2 heterocycles. The van der Waals surface area contributed by atoms with E-state index < -0.39 is 11.3 Å². The van der Waals surface area contributed by atoms with Crippen molar-refractivity contribution in [1.82, 2.24) is 0 Å². The molecule has 3 amide bonds. The third kappa shape index (κ3) is 2.66. The van der Waals surface area contributed by atoms with Crippen LogP contribution in [0.1, 0.15) is 17.5 Å². The van der Waals surface area contributed by atoms with E-state index in [1.807, 2.05) is 60.7 Å². The normalized spacial score (nSPS) is 22.9. The number of imide groups is 1. The molecule has 148 valence electrons. The Morgan fingerprint density at radius 3 is 2.20 bits per heavy atom. The number of nitrogens with zero attached hydrogens (tertiary/aromatic N) is 1. The lowest BCUT2D eigenvalue weighted by molar-refractivity contribution is -0.130. The molecular formula is C25H20N2O3. The highest BCUT2D eigenvalue weighted by atomic mass is 16.2. The molecule has 5 heteroatoms. The van der Waals surface area contributed by atoms with Gasteiger partial charge < -0.3 is 5.32 Å². The molecule has 1 fully saturated rings. The Morgan fingerprint density at radius 2 is 1.47 bits per heavy atom. The summed E-state index contributed by atoms with van der Waals surface area (Å²) < 4.78 is 0. The van der Waals surface area contributed by atoms with Crippen molar-refractivity contribution in [2.75, 3.05) is 10.2 Å². The average Bonchev–Trinajstić information content (AvgIpc) is 3.23. The first kappa shape index (κ1) is 18.3. The van der Waals surface area contributed by atoms with E-state index in [9.17, 15) is 14.4 Å². The number of amides is 3. The Labute approximate surface area is 174 Å². The van der Waals surface area contributed by atoms with Crippen molar-refractivity contribution in [2.24, 2.45) is 5.92 Å². The van der Waals surface area contributed by atoms with Gasteiger partial charge in [-0.15, -0.1) is 0 Å². The molecule has 1 N–H and O–H groups in total. The van der Waals surface area contributed by atoms with Gasteiger partial charge in [-0.2, -0.15) is 0 Å². The molecular weight excluding hydrogens is 376 g/mol. The fourth-order valence-electron chi connectivity index (χ4n) is 4.77. The fraction of sp³-hybridized carbons (Fsp3) is 0.160. The minimum Gasteiger partial charge on any atom is -0.325 e. The largest absolute Gasteiger partial charge is 0.325 e. The number of anilines is 2. The van der Waals surface area contributed by atoms with Crippen LogP contribution in [-0.4, -0.2) is 17.7 Å². The lowest BCUT2D eigenvalue weighted by Crippen LogP contribution is -2.47. The van der Waals surface area contributed by atoms with Crippen LogP contribution in [0.4, 0.5) is 11.4 Å². The van der Waals surface area contributed by atoms with Gasteiger partial charge in [0.2, 0.25) is 17.7 Å². The highest BCUT2D eigenvalue weighted by Gasteiger charge is 2.59. The smallest absolute Gasteiger partial charge is 0.238 e. The van der Waals surface area contributed by atoms with Crippen molar-refractivity contribution in [3.63, 3.8) is 0 Å². The summed E-state index contributed by atoms with van der Waals surface area (Å²) in [6, 6.07) is 26.0. The second-order valence-corrected chi connectivity index (χ2v) is 7.79. The van der Waals surface area contributed by atoms with Crippen LogP contribution in [0, 0.1) is 5.92 Å². The number of para-hydroxylation sites is 2. The van der Waals surface area contributed by atoms with Crippen molar-refractivity contribution in [3.8, 4) is 0 Å². The molecule has 0 aliphatic carbocycles. The zero-order valence-corrected chi connectivity index (χ0v) is 16.2. The molecule has 3 aromatic rings. The summed E-state index contributed by atoms with van der Waals surface area (Å²) in [4.78, 5) is 41.2. The average molecular weight is 396 g/mol. The highest BCUT2D eigenvalue weighted by Crippen LogP contribution is 2.49. The van der Waals surface area contributed by atoms with Gasteiger partial charge in [0.25, 0.3) is 0 Å². The fourth-order valence-corrected chi connectivity index (χ4v) is 4.77. The lowest BCUT2D eigenvalue weighted by atomic mass is 9.66. The van der Waals surface area contributed by atoms with Crippen molar-refractivity contribution >= 4 is 29.1 Å². The van der Waals surface area contributed by atoms with Crippen LogP contribution in [0.15, 0.2) is 84.9 Å². The molecule has 5 nitrogen and oxygen atoms in total. The quantitative estimate of drug-likeness (QED) is 0.684. The molecule has 0 spiro atoms. The van der Waals surface area contributed by atoms with Gasteiger partial charge in [-0.3, -0.25) is 19.3 Å². The Balaban J connectivity index is 1.64. The maximum absolute atomic E-state index is 13.6. The number of nitrogens with one attached hydrogen (secondary N) is 1. The molecule has 2 atom stereocenters. The lowest BCUT2D eigenvalue weighted by Gasteiger charge is -2.32. The van der Waals surface area contributed by atoms with E-state index in [4.69, 9.17) is 0 Å².